The van der Waals surface area contributed by atoms with Crippen molar-refractivity contribution in [3.8, 4) is 11.3 Å². The van der Waals surface area contributed by atoms with Crippen molar-refractivity contribution < 1.29 is 4.79 Å². The maximum Gasteiger partial charge on any atom is 0.238 e. The van der Waals surface area contributed by atoms with Gasteiger partial charge in [-0.1, -0.05) is 0 Å². The number of nitrogens with one attached hydrogen (secondary N) is 2. The molecule has 134 valence electrons. The van der Waals surface area contributed by atoms with Gasteiger partial charge >= 0.3 is 0 Å². The zero-order valence-corrected chi connectivity index (χ0v) is 14.4. The molecule has 26 heavy (non-hydrogen) atoms. The SMILES string of the molecule is Cn1cnc(C[C@H](N)C(=O)NC2(c3ccc(-c4cn[nH]c4)nn3)CC2)c1. The molecule has 0 radical (unpaired) electrons. The molecule has 4 rings (SSSR count). The van der Waals surface area contributed by atoms with Crippen LogP contribution >= 0.6 is 0 Å². The highest BCUT2D eigenvalue weighted by Gasteiger charge is 2.48. The molecule has 9 heteroatoms. The summed E-state index contributed by atoms with van der Waals surface area (Å²) in [7, 11) is 1.88. The summed E-state index contributed by atoms with van der Waals surface area (Å²) in [5, 5.41) is 18.3. The Bertz CT molecular complexity index is 895. The van der Waals surface area contributed by atoms with E-state index >= 15 is 0 Å². The zero-order valence-electron chi connectivity index (χ0n) is 14.4. The minimum atomic E-state index is -0.652. The smallest absolute Gasteiger partial charge is 0.238 e. The van der Waals surface area contributed by atoms with Gasteiger partial charge in [0.25, 0.3) is 0 Å². The lowest BCUT2D eigenvalue weighted by Crippen LogP contribution is -2.46. The number of aromatic nitrogens is 6. The van der Waals surface area contributed by atoms with E-state index < -0.39 is 11.6 Å². The van der Waals surface area contributed by atoms with Gasteiger partial charge < -0.3 is 15.6 Å². The molecule has 1 aliphatic carbocycles. The summed E-state index contributed by atoms with van der Waals surface area (Å²) in [5.41, 5.74) is 8.75. The molecule has 1 saturated carbocycles. The Morgan fingerprint density at radius 2 is 2.27 bits per heavy atom. The van der Waals surface area contributed by atoms with E-state index in [4.69, 9.17) is 5.73 Å². The largest absolute Gasteiger partial charge is 0.344 e. The van der Waals surface area contributed by atoms with Crippen LogP contribution in [0, 0.1) is 0 Å². The summed E-state index contributed by atoms with van der Waals surface area (Å²) in [5.74, 6) is -0.200. The van der Waals surface area contributed by atoms with Crippen LogP contribution in [0.25, 0.3) is 11.3 Å². The summed E-state index contributed by atoms with van der Waals surface area (Å²) >= 11 is 0. The van der Waals surface area contributed by atoms with Crippen LogP contribution in [0.4, 0.5) is 0 Å². The maximum absolute atomic E-state index is 12.5. The van der Waals surface area contributed by atoms with Crippen LogP contribution in [0.2, 0.25) is 0 Å². The van der Waals surface area contributed by atoms with E-state index in [1.807, 2.05) is 29.9 Å². The second-order valence-electron chi connectivity index (χ2n) is 6.70. The summed E-state index contributed by atoms with van der Waals surface area (Å²) in [6, 6.07) is 3.13. The van der Waals surface area contributed by atoms with Gasteiger partial charge in [-0.3, -0.25) is 9.89 Å². The van der Waals surface area contributed by atoms with Crippen molar-refractivity contribution in [1.29, 1.82) is 0 Å². The topological polar surface area (TPSA) is 127 Å². The van der Waals surface area contributed by atoms with Crippen LogP contribution in [-0.2, 0) is 23.8 Å². The molecule has 0 bridgehead atoms. The summed E-state index contributed by atoms with van der Waals surface area (Å²) in [4.78, 5) is 16.7. The number of hydrogen-bond acceptors (Lipinski definition) is 6. The third-order valence-electron chi connectivity index (χ3n) is 4.59. The Morgan fingerprint density at radius 3 is 2.85 bits per heavy atom. The van der Waals surface area contributed by atoms with Crippen LogP contribution < -0.4 is 11.1 Å². The van der Waals surface area contributed by atoms with E-state index in [2.05, 4.69) is 30.7 Å². The number of aryl methyl sites for hydroxylation is 1. The highest BCUT2D eigenvalue weighted by molar-refractivity contribution is 5.83. The van der Waals surface area contributed by atoms with Crippen molar-refractivity contribution in [3.63, 3.8) is 0 Å². The van der Waals surface area contributed by atoms with Crippen molar-refractivity contribution in [2.24, 2.45) is 12.8 Å². The van der Waals surface area contributed by atoms with Gasteiger partial charge in [0, 0.05) is 31.4 Å². The fourth-order valence-corrected chi connectivity index (χ4v) is 2.92. The van der Waals surface area contributed by atoms with Crippen LogP contribution in [0.5, 0.6) is 0 Å². The average Bonchev–Trinajstić information content (AvgIpc) is 3.04. The number of carbonyl (C=O) groups is 1. The molecule has 9 nitrogen and oxygen atoms in total. The first-order valence-electron chi connectivity index (χ1n) is 8.43. The lowest BCUT2D eigenvalue weighted by Gasteiger charge is -2.19. The Morgan fingerprint density at radius 1 is 1.42 bits per heavy atom. The first-order valence-corrected chi connectivity index (χ1v) is 8.43. The van der Waals surface area contributed by atoms with Crippen LogP contribution in [0.15, 0.2) is 37.1 Å². The lowest BCUT2D eigenvalue weighted by atomic mass is 10.1. The lowest BCUT2D eigenvalue weighted by molar-refractivity contribution is -0.123. The minimum absolute atomic E-state index is 0.200. The van der Waals surface area contributed by atoms with Gasteiger partial charge in [-0.25, -0.2) is 4.98 Å². The van der Waals surface area contributed by atoms with E-state index in [9.17, 15) is 4.79 Å². The quantitative estimate of drug-likeness (QED) is 0.584. The fourth-order valence-electron chi connectivity index (χ4n) is 2.92. The average molecular weight is 352 g/mol. The number of H-pyrrole nitrogens is 1. The maximum atomic E-state index is 12.5. The predicted molar refractivity (Wildman–Crippen MR) is 93.6 cm³/mol. The van der Waals surface area contributed by atoms with Crippen molar-refractivity contribution in [3.05, 3.63) is 48.4 Å². The van der Waals surface area contributed by atoms with E-state index in [-0.39, 0.29) is 5.91 Å². The Balaban J connectivity index is 1.43. The summed E-state index contributed by atoms with van der Waals surface area (Å²) in [6.07, 6.45) is 9.06. The number of imidazole rings is 1. The summed E-state index contributed by atoms with van der Waals surface area (Å²) in [6.45, 7) is 0. The van der Waals surface area contributed by atoms with Gasteiger partial charge in [-0.05, 0) is 25.0 Å². The third kappa shape index (κ3) is 3.21. The Hall–Kier alpha value is -3.07. The molecule has 4 N–H and O–H groups in total. The first kappa shape index (κ1) is 16.4. The van der Waals surface area contributed by atoms with Gasteiger partial charge in [-0.2, -0.15) is 15.3 Å². The van der Waals surface area contributed by atoms with Gasteiger partial charge in [-0.15, -0.1) is 0 Å². The molecule has 0 unspecified atom stereocenters. The van der Waals surface area contributed by atoms with Crippen molar-refractivity contribution in [2.45, 2.75) is 30.8 Å². The molecule has 3 heterocycles. The Kier molecular flexibility index (Phi) is 4.00. The number of nitrogens with two attached hydrogens (primary N) is 1. The number of nitrogens with zero attached hydrogens (tertiary/aromatic N) is 5. The molecule has 1 atom stereocenters. The van der Waals surface area contributed by atoms with E-state index in [0.29, 0.717) is 6.42 Å². The molecule has 3 aromatic heterocycles. The number of hydrogen-bond donors (Lipinski definition) is 3. The highest BCUT2D eigenvalue weighted by Crippen LogP contribution is 2.44. The molecule has 3 aromatic rings. The van der Waals surface area contributed by atoms with Gasteiger partial charge in [0.15, 0.2) is 0 Å². The zero-order chi connectivity index (χ0) is 18.1. The van der Waals surface area contributed by atoms with Gasteiger partial charge in [0.1, 0.15) is 0 Å². The predicted octanol–water partition coefficient (Wildman–Crippen LogP) is 0.276. The van der Waals surface area contributed by atoms with E-state index in [1.54, 1.807) is 18.7 Å². The van der Waals surface area contributed by atoms with Crippen LogP contribution in [-0.4, -0.2) is 41.9 Å². The third-order valence-corrected chi connectivity index (χ3v) is 4.59. The Labute approximate surface area is 150 Å². The van der Waals surface area contributed by atoms with Crippen LogP contribution in [0.3, 0.4) is 0 Å². The molecule has 1 fully saturated rings. The molecule has 0 saturated heterocycles. The summed E-state index contributed by atoms with van der Waals surface area (Å²) < 4.78 is 1.83. The van der Waals surface area contributed by atoms with E-state index in [0.717, 1.165) is 35.5 Å². The number of aromatic amines is 1. The standard InChI is InChI=1S/C17H20N8O/c1-25-9-12(19-10-25)6-13(18)16(26)22-17(4-5-17)15-3-2-14(23-24-15)11-7-20-21-8-11/h2-3,7-10,13H,4-6,18H2,1H3,(H,20,21)(H,22,26)/t13-/m0/s1. The number of rotatable bonds is 6. The van der Waals surface area contributed by atoms with E-state index in [1.165, 1.54) is 0 Å². The monoisotopic (exact) mass is 352 g/mol. The molecule has 1 aliphatic rings. The number of amides is 1. The second kappa shape index (κ2) is 6.34. The molecule has 1 amide bonds. The molecule has 0 aliphatic heterocycles. The fraction of sp³-hybridized carbons (Fsp3) is 0.353. The number of carbonyl (C=O) groups excluding carboxylic acids is 1. The molecular formula is C17H20N8O. The normalized spacial score (nSPS) is 16.2. The second-order valence-corrected chi connectivity index (χ2v) is 6.70. The molecule has 0 aromatic carbocycles. The van der Waals surface area contributed by atoms with Gasteiger partial charge in [0.05, 0.1) is 41.2 Å². The minimum Gasteiger partial charge on any atom is -0.344 e. The van der Waals surface area contributed by atoms with Crippen molar-refractivity contribution in [2.75, 3.05) is 0 Å². The molecular weight excluding hydrogens is 332 g/mol. The van der Waals surface area contributed by atoms with Gasteiger partial charge in [0.2, 0.25) is 5.91 Å². The van der Waals surface area contributed by atoms with Crippen LogP contribution in [0.1, 0.15) is 24.2 Å². The molecule has 0 spiro atoms. The van der Waals surface area contributed by atoms with Crippen molar-refractivity contribution >= 4 is 5.91 Å². The first-order chi connectivity index (χ1) is 12.6. The highest BCUT2D eigenvalue weighted by atomic mass is 16.2. The van der Waals surface area contributed by atoms with Crippen molar-refractivity contribution in [1.82, 2.24) is 35.3 Å².